The van der Waals surface area contributed by atoms with Crippen LogP contribution in [0, 0.1) is 0 Å². The summed E-state index contributed by atoms with van der Waals surface area (Å²) in [5.41, 5.74) is 6.72. The fourth-order valence-electron chi connectivity index (χ4n) is 4.30. The van der Waals surface area contributed by atoms with Gasteiger partial charge >= 0.3 is 0 Å². The van der Waals surface area contributed by atoms with Gasteiger partial charge < -0.3 is 14.6 Å². The van der Waals surface area contributed by atoms with Gasteiger partial charge in [0.25, 0.3) is 0 Å². The maximum atomic E-state index is 9.64. The standard InChI is InChI=1S/C22H28O3/c1-13(2)17-11-19(24-5)20-16(21(17)25-6)7-8-18-14(3)15(12-23)9-10-22(18,20)4/h7-9,11,13,23H,10,12H2,1-6H3. The Bertz CT molecular complexity index is 796. The summed E-state index contributed by atoms with van der Waals surface area (Å²) in [6, 6.07) is 2.13. The fourth-order valence-corrected chi connectivity index (χ4v) is 4.30. The molecule has 0 saturated carbocycles. The number of methoxy groups -OCH3 is 2. The Morgan fingerprint density at radius 2 is 1.92 bits per heavy atom. The molecule has 1 atom stereocenters. The summed E-state index contributed by atoms with van der Waals surface area (Å²) in [7, 11) is 3.48. The molecule has 0 fully saturated rings. The average Bonchev–Trinajstić information content (AvgIpc) is 2.60. The summed E-state index contributed by atoms with van der Waals surface area (Å²) in [5.74, 6) is 2.20. The van der Waals surface area contributed by atoms with E-state index in [-0.39, 0.29) is 12.0 Å². The van der Waals surface area contributed by atoms with Crippen molar-refractivity contribution >= 4 is 6.08 Å². The lowest BCUT2D eigenvalue weighted by Gasteiger charge is -2.41. The summed E-state index contributed by atoms with van der Waals surface area (Å²) in [6.07, 6.45) is 7.33. The molecule has 0 aliphatic heterocycles. The SMILES string of the molecule is COc1cc(C(C)C)c(OC)c2c1C1(C)CC=C(CO)C(C)=C1C=C2. The van der Waals surface area contributed by atoms with Gasteiger partial charge in [-0.1, -0.05) is 39.0 Å². The minimum absolute atomic E-state index is 0.0822. The smallest absolute Gasteiger partial charge is 0.130 e. The Morgan fingerprint density at radius 3 is 2.48 bits per heavy atom. The monoisotopic (exact) mass is 340 g/mol. The topological polar surface area (TPSA) is 38.7 Å². The van der Waals surface area contributed by atoms with Crippen LogP contribution in [0.1, 0.15) is 56.7 Å². The Labute approximate surface area is 150 Å². The molecule has 1 aromatic carbocycles. The molecule has 0 aromatic heterocycles. The van der Waals surface area contributed by atoms with Crippen LogP contribution < -0.4 is 9.47 Å². The van der Waals surface area contributed by atoms with Crippen LogP contribution in [0.3, 0.4) is 0 Å². The van der Waals surface area contributed by atoms with Crippen molar-refractivity contribution in [1.29, 1.82) is 0 Å². The van der Waals surface area contributed by atoms with Crippen molar-refractivity contribution in [3.05, 3.63) is 51.6 Å². The number of fused-ring (bicyclic) bond motifs is 3. The van der Waals surface area contributed by atoms with Gasteiger partial charge in [-0.3, -0.25) is 0 Å². The van der Waals surface area contributed by atoms with E-state index in [0.29, 0.717) is 5.92 Å². The molecule has 1 aromatic rings. The maximum Gasteiger partial charge on any atom is 0.130 e. The van der Waals surface area contributed by atoms with Gasteiger partial charge in [0, 0.05) is 22.1 Å². The summed E-state index contributed by atoms with van der Waals surface area (Å²) in [4.78, 5) is 0. The van der Waals surface area contributed by atoms with Gasteiger partial charge in [0.15, 0.2) is 0 Å². The zero-order valence-electron chi connectivity index (χ0n) is 16.1. The number of aliphatic hydroxyl groups is 1. The van der Waals surface area contributed by atoms with Crippen LogP contribution >= 0.6 is 0 Å². The molecule has 0 bridgehead atoms. The zero-order chi connectivity index (χ0) is 18.4. The van der Waals surface area contributed by atoms with Crippen molar-refractivity contribution in [2.45, 2.75) is 45.4 Å². The number of aliphatic hydroxyl groups excluding tert-OH is 1. The predicted molar refractivity (Wildman–Crippen MR) is 103 cm³/mol. The van der Waals surface area contributed by atoms with Gasteiger partial charge in [-0.25, -0.2) is 0 Å². The van der Waals surface area contributed by atoms with Crippen molar-refractivity contribution in [3.63, 3.8) is 0 Å². The first-order chi connectivity index (χ1) is 11.9. The molecule has 0 heterocycles. The summed E-state index contributed by atoms with van der Waals surface area (Å²) in [5, 5.41) is 9.64. The first-order valence-electron chi connectivity index (χ1n) is 8.88. The molecule has 3 heteroatoms. The number of hydrogen-bond acceptors (Lipinski definition) is 3. The largest absolute Gasteiger partial charge is 0.496 e. The molecule has 25 heavy (non-hydrogen) atoms. The number of allylic oxidation sites excluding steroid dienone is 3. The number of rotatable bonds is 4. The third kappa shape index (κ3) is 2.53. The van der Waals surface area contributed by atoms with E-state index < -0.39 is 0 Å². The lowest BCUT2D eigenvalue weighted by molar-refractivity contribution is 0.330. The van der Waals surface area contributed by atoms with E-state index in [0.717, 1.165) is 40.2 Å². The van der Waals surface area contributed by atoms with Crippen LogP contribution in [0.2, 0.25) is 0 Å². The van der Waals surface area contributed by atoms with Crippen molar-refractivity contribution in [3.8, 4) is 11.5 Å². The van der Waals surface area contributed by atoms with Crippen molar-refractivity contribution in [2.24, 2.45) is 0 Å². The second-order valence-electron chi connectivity index (χ2n) is 7.44. The predicted octanol–water partition coefficient (Wildman–Crippen LogP) is 4.75. The molecule has 134 valence electrons. The van der Waals surface area contributed by atoms with Crippen LogP contribution in [0.25, 0.3) is 6.08 Å². The minimum Gasteiger partial charge on any atom is -0.496 e. The number of ether oxygens (including phenoxy) is 2. The third-order valence-corrected chi connectivity index (χ3v) is 5.73. The first kappa shape index (κ1) is 17.8. The molecular weight excluding hydrogens is 312 g/mol. The van der Waals surface area contributed by atoms with Crippen LogP contribution in [0.4, 0.5) is 0 Å². The van der Waals surface area contributed by atoms with Gasteiger partial charge in [0.2, 0.25) is 0 Å². The summed E-state index contributed by atoms with van der Waals surface area (Å²) in [6.45, 7) is 8.78. The number of hydrogen-bond donors (Lipinski definition) is 1. The van der Waals surface area contributed by atoms with E-state index in [2.05, 4.69) is 52.0 Å². The molecule has 1 N–H and O–H groups in total. The van der Waals surface area contributed by atoms with Gasteiger partial charge in [0.05, 0.1) is 20.8 Å². The molecule has 2 aliphatic carbocycles. The fraction of sp³-hybridized carbons (Fsp3) is 0.455. The van der Waals surface area contributed by atoms with Crippen LogP contribution in [0.5, 0.6) is 11.5 Å². The lowest BCUT2D eigenvalue weighted by Crippen LogP contribution is -2.31. The van der Waals surface area contributed by atoms with Crippen LogP contribution in [0.15, 0.2) is 34.9 Å². The lowest BCUT2D eigenvalue weighted by atomic mass is 9.63. The average molecular weight is 340 g/mol. The molecule has 0 saturated heterocycles. The highest BCUT2D eigenvalue weighted by molar-refractivity contribution is 5.77. The Kier molecular flexibility index (Phi) is 4.54. The molecular formula is C22H28O3. The van der Waals surface area contributed by atoms with E-state index in [1.807, 2.05) is 0 Å². The van der Waals surface area contributed by atoms with Crippen molar-refractivity contribution in [1.82, 2.24) is 0 Å². The molecule has 0 radical (unpaired) electrons. The van der Waals surface area contributed by atoms with E-state index in [9.17, 15) is 5.11 Å². The summed E-state index contributed by atoms with van der Waals surface area (Å²) >= 11 is 0. The van der Waals surface area contributed by atoms with Gasteiger partial charge in [-0.15, -0.1) is 0 Å². The molecule has 0 spiro atoms. The molecule has 1 unspecified atom stereocenters. The quantitative estimate of drug-likeness (QED) is 0.859. The molecule has 2 aliphatic rings. The highest BCUT2D eigenvalue weighted by Crippen LogP contribution is 2.53. The molecule has 3 rings (SSSR count). The van der Waals surface area contributed by atoms with E-state index in [1.165, 1.54) is 11.1 Å². The normalized spacial score (nSPS) is 21.8. The third-order valence-electron chi connectivity index (χ3n) is 5.73. The minimum atomic E-state index is -0.180. The Hall–Kier alpha value is -2.00. The Balaban J connectivity index is 2.33. The van der Waals surface area contributed by atoms with Crippen molar-refractivity contribution < 1.29 is 14.6 Å². The second-order valence-corrected chi connectivity index (χ2v) is 7.44. The van der Waals surface area contributed by atoms with Gasteiger partial charge in [-0.05, 0) is 42.0 Å². The van der Waals surface area contributed by atoms with Crippen LogP contribution in [-0.2, 0) is 5.41 Å². The number of benzene rings is 1. The summed E-state index contributed by atoms with van der Waals surface area (Å²) < 4.78 is 11.6. The second kappa shape index (κ2) is 6.38. The zero-order valence-corrected chi connectivity index (χ0v) is 16.1. The van der Waals surface area contributed by atoms with E-state index in [4.69, 9.17) is 9.47 Å². The van der Waals surface area contributed by atoms with E-state index >= 15 is 0 Å². The molecule has 3 nitrogen and oxygen atoms in total. The Morgan fingerprint density at radius 1 is 1.20 bits per heavy atom. The van der Waals surface area contributed by atoms with Gasteiger partial charge in [-0.2, -0.15) is 0 Å². The molecule has 0 amide bonds. The highest BCUT2D eigenvalue weighted by Gasteiger charge is 2.41. The van der Waals surface area contributed by atoms with Crippen LogP contribution in [-0.4, -0.2) is 25.9 Å². The van der Waals surface area contributed by atoms with Crippen molar-refractivity contribution in [2.75, 3.05) is 20.8 Å². The maximum absolute atomic E-state index is 9.64. The highest BCUT2D eigenvalue weighted by atomic mass is 16.5. The first-order valence-corrected chi connectivity index (χ1v) is 8.88. The van der Waals surface area contributed by atoms with E-state index in [1.54, 1.807) is 14.2 Å². The van der Waals surface area contributed by atoms with Gasteiger partial charge in [0.1, 0.15) is 11.5 Å².